The first kappa shape index (κ1) is 8.21. The molecule has 3 rings (SSSR count). The molecule has 2 atom stereocenters. The molecule has 0 aromatic heterocycles. The van der Waals surface area contributed by atoms with Gasteiger partial charge in [-0.15, -0.1) is 0 Å². The highest BCUT2D eigenvalue weighted by Gasteiger charge is 2.44. The van der Waals surface area contributed by atoms with E-state index in [4.69, 9.17) is 0 Å². The van der Waals surface area contributed by atoms with Crippen LogP contribution in [0.25, 0.3) is 0 Å². The third kappa shape index (κ3) is 1.22. The van der Waals surface area contributed by atoms with Crippen LogP contribution < -0.4 is 5.32 Å². The molecular weight excluding hydrogens is 164 g/mol. The van der Waals surface area contributed by atoms with Crippen LogP contribution >= 0.6 is 0 Å². The number of piperidine rings is 1. The van der Waals surface area contributed by atoms with Gasteiger partial charge >= 0.3 is 0 Å². The van der Waals surface area contributed by atoms with Gasteiger partial charge in [0.15, 0.2) is 0 Å². The van der Waals surface area contributed by atoms with Gasteiger partial charge in [0.05, 0.1) is 6.10 Å². The second-order valence-corrected chi connectivity index (χ2v) is 4.77. The lowest BCUT2D eigenvalue weighted by Gasteiger charge is -2.46. The molecule has 3 heteroatoms. The number of hydrogen-bond donors (Lipinski definition) is 2. The molecule has 0 aromatic rings. The predicted molar refractivity (Wildman–Crippen MR) is 50.5 cm³/mol. The lowest BCUT2D eigenvalue weighted by atomic mass is 9.96. The molecule has 0 aliphatic carbocycles. The number of rotatable bonds is 1. The van der Waals surface area contributed by atoms with E-state index >= 15 is 0 Å². The minimum absolute atomic E-state index is 0.0122. The Morgan fingerprint density at radius 3 is 2.08 bits per heavy atom. The van der Waals surface area contributed by atoms with Gasteiger partial charge in [-0.2, -0.15) is 0 Å². The molecule has 2 unspecified atom stereocenters. The molecule has 74 valence electrons. The molecule has 3 aliphatic rings. The molecule has 0 radical (unpaired) electrons. The minimum Gasteiger partial charge on any atom is -0.393 e. The summed E-state index contributed by atoms with van der Waals surface area (Å²) in [5.74, 6) is 0. The minimum atomic E-state index is -0.0122. The summed E-state index contributed by atoms with van der Waals surface area (Å²) in [5, 5.41) is 13.0. The third-order valence-corrected chi connectivity index (χ3v) is 3.95. The van der Waals surface area contributed by atoms with Crippen molar-refractivity contribution in [2.24, 2.45) is 0 Å². The van der Waals surface area contributed by atoms with Crippen LogP contribution in [-0.2, 0) is 0 Å². The monoisotopic (exact) mass is 182 g/mol. The Labute approximate surface area is 79.1 Å². The highest BCUT2D eigenvalue weighted by Crippen LogP contribution is 2.37. The number of nitrogens with zero attached hydrogens (tertiary/aromatic N) is 1. The average molecular weight is 182 g/mol. The second kappa shape index (κ2) is 2.94. The SMILES string of the molecule is OC1CC2CCC(C1)N2C1CNC1. The molecule has 13 heavy (non-hydrogen) atoms. The van der Waals surface area contributed by atoms with Gasteiger partial charge in [-0.05, 0) is 25.7 Å². The van der Waals surface area contributed by atoms with E-state index in [1.54, 1.807) is 0 Å². The molecule has 2 bridgehead atoms. The van der Waals surface area contributed by atoms with Crippen LogP contribution in [0.2, 0.25) is 0 Å². The van der Waals surface area contributed by atoms with Gasteiger partial charge in [0, 0.05) is 31.2 Å². The fourth-order valence-electron chi connectivity index (χ4n) is 3.27. The van der Waals surface area contributed by atoms with E-state index in [0.29, 0.717) is 12.1 Å². The predicted octanol–water partition coefficient (Wildman–Crippen LogP) is -0.0541. The van der Waals surface area contributed by atoms with Crippen LogP contribution in [0, 0.1) is 0 Å². The zero-order chi connectivity index (χ0) is 8.84. The van der Waals surface area contributed by atoms with Crippen molar-refractivity contribution in [3.8, 4) is 0 Å². The molecule has 3 heterocycles. The number of hydrogen-bond acceptors (Lipinski definition) is 3. The Hall–Kier alpha value is -0.120. The van der Waals surface area contributed by atoms with Crippen molar-refractivity contribution < 1.29 is 5.11 Å². The zero-order valence-electron chi connectivity index (χ0n) is 7.95. The lowest BCUT2D eigenvalue weighted by Crippen LogP contribution is -2.62. The fourth-order valence-corrected chi connectivity index (χ4v) is 3.27. The second-order valence-electron chi connectivity index (χ2n) is 4.77. The fraction of sp³-hybridized carbons (Fsp3) is 1.00. The van der Waals surface area contributed by atoms with Crippen LogP contribution in [0.4, 0.5) is 0 Å². The molecule has 0 aromatic carbocycles. The average Bonchev–Trinajstić information content (AvgIpc) is 2.30. The molecule has 0 amide bonds. The highest BCUT2D eigenvalue weighted by atomic mass is 16.3. The summed E-state index contributed by atoms with van der Waals surface area (Å²) >= 11 is 0. The van der Waals surface area contributed by atoms with Gasteiger partial charge < -0.3 is 10.4 Å². The summed E-state index contributed by atoms with van der Waals surface area (Å²) < 4.78 is 0. The van der Waals surface area contributed by atoms with Gasteiger partial charge in [0.1, 0.15) is 0 Å². The Morgan fingerprint density at radius 2 is 1.62 bits per heavy atom. The van der Waals surface area contributed by atoms with Crippen molar-refractivity contribution in [2.45, 2.75) is 49.9 Å². The van der Waals surface area contributed by atoms with Crippen LogP contribution in [0.5, 0.6) is 0 Å². The molecule has 0 spiro atoms. The molecular formula is C10H18N2O. The Morgan fingerprint density at radius 1 is 1.00 bits per heavy atom. The van der Waals surface area contributed by atoms with Crippen molar-refractivity contribution in [1.82, 2.24) is 10.2 Å². The summed E-state index contributed by atoms with van der Waals surface area (Å²) in [7, 11) is 0. The molecule has 3 saturated heterocycles. The van der Waals surface area contributed by atoms with E-state index < -0.39 is 0 Å². The quantitative estimate of drug-likeness (QED) is 0.596. The summed E-state index contributed by atoms with van der Waals surface area (Å²) in [6.45, 7) is 2.34. The van der Waals surface area contributed by atoms with Crippen molar-refractivity contribution in [1.29, 1.82) is 0 Å². The maximum atomic E-state index is 9.64. The summed E-state index contributed by atoms with van der Waals surface area (Å²) in [6, 6.07) is 2.17. The first-order chi connectivity index (χ1) is 6.34. The summed E-state index contributed by atoms with van der Waals surface area (Å²) in [4.78, 5) is 2.68. The molecule has 3 aliphatic heterocycles. The van der Waals surface area contributed by atoms with Gasteiger partial charge in [-0.25, -0.2) is 0 Å². The van der Waals surface area contributed by atoms with Crippen LogP contribution in [0.3, 0.4) is 0 Å². The topological polar surface area (TPSA) is 35.5 Å². The number of aliphatic hydroxyl groups excluding tert-OH is 1. The van der Waals surface area contributed by atoms with Crippen LogP contribution in [-0.4, -0.2) is 47.3 Å². The maximum absolute atomic E-state index is 9.64. The molecule has 0 saturated carbocycles. The van der Waals surface area contributed by atoms with Crippen molar-refractivity contribution in [3.05, 3.63) is 0 Å². The first-order valence-corrected chi connectivity index (χ1v) is 5.51. The number of fused-ring (bicyclic) bond motifs is 2. The van der Waals surface area contributed by atoms with E-state index in [1.165, 1.54) is 25.9 Å². The van der Waals surface area contributed by atoms with Gasteiger partial charge in [0.2, 0.25) is 0 Å². The van der Waals surface area contributed by atoms with Gasteiger partial charge in [-0.1, -0.05) is 0 Å². The lowest BCUT2D eigenvalue weighted by molar-refractivity contribution is -0.00325. The van der Waals surface area contributed by atoms with E-state index in [2.05, 4.69) is 10.2 Å². The van der Waals surface area contributed by atoms with Gasteiger partial charge in [-0.3, -0.25) is 4.90 Å². The summed E-state index contributed by atoms with van der Waals surface area (Å²) in [5.41, 5.74) is 0. The Balaban J connectivity index is 1.74. The Bertz CT molecular complexity index is 191. The maximum Gasteiger partial charge on any atom is 0.0570 e. The molecule has 3 nitrogen and oxygen atoms in total. The third-order valence-electron chi connectivity index (χ3n) is 3.95. The standard InChI is InChI=1S/C10H18N2O/c13-10-3-7-1-2-8(4-10)12(7)9-5-11-6-9/h7-11,13H,1-6H2. The zero-order valence-corrected chi connectivity index (χ0v) is 7.95. The number of nitrogens with one attached hydrogen (secondary N) is 1. The smallest absolute Gasteiger partial charge is 0.0570 e. The van der Waals surface area contributed by atoms with Crippen LogP contribution in [0.1, 0.15) is 25.7 Å². The van der Waals surface area contributed by atoms with E-state index in [9.17, 15) is 5.11 Å². The normalized spacial score (nSPS) is 46.4. The highest BCUT2D eigenvalue weighted by molar-refractivity contribution is 5.01. The van der Waals surface area contributed by atoms with E-state index in [-0.39, 0.29) is 6.10 Å². The van der Waals surface area contributed by atoms with Gasteiger partial charge in [0.25, 0.3) is 0 Å². The van der Waals surface area contributed by atoms with E-state index in [1.807, 2.05) is 0 Å². The first-order valence-electron chi connectivity index (χ1n) is 5.51. The van der Waals surface area contributed by atoms with Crippen LogP contribution in [0.15, 0.2) is 0 Å². The largest absolute Gasteiger partial charge is 0.393 e. The Kier molecular flexibility index (Phi) is 1.86. The molecule has 3 fully saturated rings. The van der Waals surface area contributed by atoms with Crippen molar-refractivity contribution in [2.75, 3.05) is 13.1 Å². The van der Waals surface area contributed by atoms with E-state index in [0.717, 1.165) is 18.9 Å². The van der Waals surface area contributed by atoms with Crippen molar-refractivity contribution >= 4 is 0 Å². The van der Waals surface area contributed by atoms with Crippen molar-refractivity contribution in [3.63, 3.8) is 0 Å². The molecule has 2 N–H and O–H groups in total. The number of aliphatic hydroxyl groups is 1. The summed E-state index contributed by atoms with van der Waals surface area (Å²) in [6.07, 6.45) is 4.66.